The third kappa shape index (κ3) is 7.25. The van der Waals surface area contributed by atoms with Crippen molar-refractivity contribution >= 4 is 18.3 Å². The van der Waals surface area contributed by atoms with Gasteiger partial charge < -0.3 is 15.5 Å². The number of amides is 1. The summed E-state index contributed by atoms with van der Waals surface area (Å²) >= 11 is 0. The molecule has 0 saturated carbocycles. The Labute approximate surface area is 141 Å². The fraction of sp³-hybridized carbons (Fsp3) is 0.588. The molecule has 0 aromatic heterocycles. The lowest BCUT2D eigenvalue weighted by atomic mass is 10.0. The maximum Gasteiger partial charge on any atom is 0.251 e. The van der Waals surface area contributed by atoms with Crippen molar-refractivity contribution in [1.82, 2.24) is 15.5 Å². The highest BCUT2D eigenvalue weighted by atomic mass is 35.5. The summed E-state index contributed by atoms with van der Waals surface area (Å²) in [6, 6.07) is 7.85. The van der Waals surface area contributed by atoms with Gasteiger partial charge in [0, 0.05) is 18.7 Å². The largest absolute Gasteiger partial charge is 0.351 e. The molecule has 5 heteroatoms. The van der Waals surface area contributed by atoms with Crippen molar-refractivity contribution in [2.75, 3.05) is 39.8 Å². The second-order valence-electron chi connectivity index (χ2n) is 5.20. The molecule has 0 saturated heterocycles. The van der Waals surface area contributed by atoms with Crippen LogP contribution in [0.1, 0.15) is 36.2 Å². The fourth-order valence-corrected chi connectivity index (χ4v) is 2.39. The maximum atomic E-state index is 12.3. The van der Waals surface area contributed by atoms with E-state index >= 15 is 0 Å². The normalized spacial score (nSPS) is 10.4. The Morgan fingerprint density at radius 2 is 1.86 bits per heavy atom. The lowest BCUT2D eigenvalue weighted by Crippen LogP contribution is -2.35. The summed E-state index contributed by atoms with van der Waals surface area (Å²) in [5, 5.41) is 6.16. The van der Waals surface area contributed by atoms with Gasteiger partial charge in [0.2, 0.25) is 0 Å². The average molecular weight is 328 g/mol. The summed E-state index contributed by atoms with van der Waals surface area (Å²) in [6.45, 7) is 8.95. The third-order valence-corrected chi connectivity index (χ3v) is 3.61. The van der Waals surface area contributed by atoms with Crippen LogP contribution in [0.3, 0.4) is 0 Å². The minimum Gasteiger partial charge on any atom is -0.351 e. The van der Waals surface area contributed by atoms with E-state index in [4.69, 9.17) is 0 Å². The van der Waals surface area contributed by atoms with Crippen molar-refractivity contribution in [3.63, 3.8) is 0 Å². The van der Waals surface area contributed by atoms with Crippen LogP contribution < -0.4 is 10.6 Å². The van der Waals surface area contributed by atoms with Crippen molar-refractivity contribution in [3.05, 3.63) is 35.4 Å². The summed E-state index contributed by atoms with van der Waals surface area (Å²) in [6.07, 6.45) is 2.02. The molecule has 1 aromatic rings. The molecule has 2 N–H and O–H groups in total. The lowest BCUT2D eigenvalue weighted by Gasteiger charge is -2.19. The smallest absolute Gasteiger partial charge is 0.251 e. The molecule has 0 radical (unpaired) electrons. The van der Waals surface area contributed by atoms with E-state index < -0.39 is 0 Å². The number of rotatable bonds is 10. The minimum atomic E-state index is 0. The van der Waals surface area contributed by atoms with Gasteiger partial charge >= 0.3 is 0 Å². The van der Waals surface area contributed by atoms with E-state index in [1.54, 1.807) is 0 Å². The molecule has 0 spiro atoms. The average Bonchev–Trinajstić information content (AvgIpc) is 2.52. The molecule has 0 atom stereocenters. The Morgan fingerprint density at radius 1 is 1.14 bits per heavy atom. The molecule has 1 rings (SSSR count). The Balaban J connectivity index is 0.00000441. The van der Waals surface area contributed by atoms with Crippen molar-refractivity contribution < 1.29 is 4.79 Å². The summed E-state index contributed by atoms with van der Waals surface area (Å²) in [4.78, 5) is 14.7. The van der Waals surface area contributed by atoms with Crippen molar-refractivity contribution in [2.45, 2.75) is 26.7 Å². The first-order valence-electron chi connectivity index (χ1n) is 7.96. The molecule has 0 aliphatic rings. The van der Waals surface area contributed by atoms with Crippen LogP contribution in [0.4, 0.5) is 0 Å². The number of carbonyl (C=O) groups is 1. The Morgan fingerprint density at radius 3 is 2.50 bits per heavy atom. The summed E-state index contributed by atoms with van der Waals surface area (Å²) < 4.78 is 0. The summed E-state index contributed by atoms with van der Waals surface area (Å²) in [5.74, 6) is 0.0363. The van der Waals surface area contributed by atoms with Gasteiger partial charge in [0.25, 0.3) is 5.91 Å². The molecule has 4 nitrogen and oxygen atoms in total. The topological polar surface area (TPSA) is 44.4 Å². The monoisotopic (exact) mass is 327 g/mol. The minimum absolute atomic E-state index is 0. The van der Waals surface area contributed by atoms with E-state index in [9.17, 15) is 4.79 Å². The van der Waals surface area contributed by atoms with Crippen LogP contribution in [-0.4, -0.2) is 50.6 Å². The molecule has 126 valence electrons. The van der Waals surface area contributed by atoms with E-state index in [0.29, 0.717) is 6.54 Å². The molecule has 0 heterocycles. The molecule has 0 aliphatic carbocycles. The van der Waals surface area contributed by atoms with Crippen molar-refractivity contribution in [3.8, 4) is 0 Å². The zero-order chi connectivity index (χ0) is 15.5. The highest BCUT2D eigenvalue weighted by molar-refractivity contribution is 5.95. The number of likely N-dealkylation sites (N-methyl/N-ethyl adjacent to an activating group) is 2. The van der Waals surface area contributed by atoms with E-state index in [2.05, 4.69) is 29.4 Å². The van der Waals surface area contributed by atoms with Crippen LogP contribution >= 0.6 is 12.4 Å². The molecule has 0 aliphatic heterocycles. The second-order valence-corrected chi connectivity index (χ2v) is 5.20. The number of nitrogens with zero attached hydrogens (tertiary/aromatic N) is 1. The molecule has 1 amide bonds. The number of hydrogen-bond acceptors (Lipinski definition) is 3. The SMILES string of the molecule is CCCN(CC)CCNC(=O)c1ccccc1CCNC.Cl. The van der Waals surface area contributed by atoms with Crippen LogP contribution in [0.2, 0.25) is 0 Å². The maximum absolute atomic E-state index is 12.3. The zero-order valence-corrected chi connectivity index (χ0v) is 14.8. The highest BCUT2D eigenvalue weighted by Gasteiger charge is 2.10. The summed E-state index contributed by atoms with van der Waals surface area (Å²) in [5.41, 5.74) is 1.90. The Hall–Kier alpha value is -1.10. The molecular formula is C17H30ClN3O. The van der Waals surface area contributed by atoms with Crippen LogP contribution in [0.15, 0.2) is 24.3 Å². The first-order chi connectivity index (χ1) is 10.2. The standard InChI is InChI=1S/C17H29N3O.ClH/c1-4-13-20(5-2)14-12-19-17(21)16-9-7-6-8-15(16)10-11-18-3;/h6-9,18H,4-5,10-14H2,1-3H3,(H,19,21);1H. The van der Waals surface area contributed by atoms with Crippen LogP contribution in [0, 0.1) is 0 Å². The molecule has 0 bridgehead atoms. The van der Waals surface area contributed by atoms with Gasteiger partial charge in [-0.2, -0.15) is 0 Å². The van der Waals surface area contributed by atoms with Gasteiger partial charge in [-0.1, -0.05) is 32.0 Å². The van der Waals surface area contributed by atoms with Gasteiger partial charge in [-0.05, 0) is 51.2 Å². The van der Waals surface area contributed by atoms with Gasteiger partial charge in [-0.25, -0.2) is 0 Å². The lowest BCUT2D eigenvalue weighted by molar-refractivity contribution is 0.0947. The van der Waals surface area contributed by atoms with Gasteiger partial charge in [-0.15, -0.1) is 12.4 Å². The number of carbonyl (C=O) groups excluding carboxylic acids is 1. The molecule has 22 heavy (non-hydrogen) atoms. The van der Waals surface area contributed by atoms with Crippen LogP contribution in [0.25, 0.3) is 0 Å². The first-order valence-corrected chi connectivity index (χ1v) is 7.96. The van der Waals surface area contributed by atoms with Gasteiger partial charge in [-0.3, -0.25) is 4.79 Å². The Kier molecular flexibility index (Phi) is 11.8. The van der Waals surface area contributed by atoms with Gasteiger partial charge in [0.05, 0.1) is 0 Å². The van der Waals surface area contributed by atoms with Crippen molar-refractivity contribution in [1.29, 1.82) is 0 Å². The molecule has 0 unspecified atom stereocenters. The predicted molar refractivity (Wildman–Crippen MR) is 96.1 cm³/mol. The van der Waals surface area contributed by atoms with E-state index in [-0.39, 0.29) is 18.3 Å². The number of hydrogen-bond donors (Lipinski definition) is 2. The van der Waals surface area contributed by atoms with E-state index in [1.165, 1.54) is 0 Å². The molecule has 0 fully saturated rings. The van der Waals surface area contributed by atoms with Crippen LogP contribution in [0.5, 0.6) is 0 Å². The number of halogens is 1. The number of nitrogens with one attached hydrogen (secondary N) is 2. The quantitative estimate of drug-likeness (QED) is 0.693. The highest BCUT2D eigenvalue weighted by Crippen LogP contribution is 2.09. The Bertz CT molecular complexity index is 426. The predicted octanol–water partition coefficient (Wildman–Crippen LogP) is 2.33. The first kappa shape index (κ1) is 20.9. The fourth-order valence-electron chi connectivity index (χ4n) is 2.39. The molecular weight excluding hydrogens is 298 g/mol. The van der Waals surface area contributed by atoms with E-state index in [1.807, 2.05) is 31.3 Å². The zero-order valence-electron chi connectivity index (χ0n) is 14.0. The van der Waals surface area contributed by atoms with Gasteiger partial charge in [0.15, 0.2) is 0 Å². The van der Waals surface area contributed by atoms with Gasteiger partial charge in [0.1, 0.15) is 0 Å². The van der Waals surface area contributed by atoms with Crippen LogP contribution in [-0.2, 0) is 6.42 Å². The van der Waals surface area contributed by atoms with Crippen molar-refractivity contribution in [2.24, 2.45) is 0 Å². The second kappa shape index (κ2) is 12.4. The van der Waals surface area contributed by atoms with E-state index in [0.717, 1.165) is 50.1 Å². The molecule has 1 aromatic carbocycles. The number of benzene rings is 1. The third-order valence-electron chi connectivity index (χ3n) is 3.61. The summed E-state index contributed by atoms with van der Waals surface area (Å²) in [7, 11) is 1.93.